The van der Waals surface area contributed by atoms with Crippen LogP contribution in [-0.4, -0.2) is 40.4 Å². The number of hydrogen-bond acceptors (Lipinski definition) is 2. The summed E-state index contributed by atoms with van der Waals surface area (Å²) < 4.78 is 0. The third-order valence-electron chi connectivity index (χ3n) is 11.7. The third-order valence-corrected chi connectivity index (χ3v) is 11.7. The molecule has 0 radical (unpaired) electrons. The van der Waals surface area contributed by atoms with Crippen molar-refractivity contribution in [1.82, 2.24) is 0 Å². The number of aliphatic hydroxyl groups is 1. The Balaban J connectivity index is 0. The van der Waals surface area contributed by atoms with Gasteiger partial charge in [0, 0.05) is 5.92 Å². The van der Waals surface area contributed by atoms with E-state index in [1.807, 2.05) is 13.8 Å². The maximum Gasteiger partial charge on any atom is 2.00 e. The Bertz CT molecular complexity index is 777. The van der Waals surface area contributed by atoms with Gasteiger partial charge >= 0.3 is 23.1 Å². The van der Waals surface area contributed by atoms with Crippen LogP contribution in [0.15, 0.2) is 22.3 Å². The minimum absolute atomic E-state index is 0. The van der Waals surface area contributed by atoms with Gasteiger partial charge in [-0.15, -0.1) is 6.10 Å². The summed E-state index contributed by atoms with van der Waals surface area (Å²) in [4.78, 5) is 0. The molecule has 0 spiro atoms. The molecule has 0 aromatic carbocycles. The smallest absolute Gasteiger partial charge is 1.00 e. The Morgan fingerprint density at radius 1 is 0.684 bits per heavy atom. The first kappa shape index (κ1) is 40.6. The molecule has 6 unspecified atom stereocenters. The van der Waals surface area contributed by atoms with E-state index >= 15 is 0 Å². The van der Waals surface area contributed by atoms with Gasteiger partial charge in [0.05, 0.1) is 6.10 Å². The molecule has 0 aromatic heterocycles. The van der Waals surface area contributed by atoms with E-state index in [2.05, 4.69) is 69.2 Å². The topological polar surface area (TPSA) is 43.3 Å². The molecule has 0 bridgehead atoms. The predicted octanol–water partition coefficient (Wildman–Crippen LogP) is 5.60. The zero-order valence-corrected chi connectivity index (χ0v) is 27.8. The largest absolute Gasteiger partial charge is 2.00 e. The molecule has 0 amide bonds. The molecule has 4 rings (SSSR count). The normalized spacial score (nSPS) is 33.0. The van der Waals surface area contributed by atoms with Crippen LogP contribution >= 0.6 is 0 Å². The van der Waals surface area contributed by atoms with Crippen LogP contribution in [0.1, 0.15) is 136 Å². The molecule has 0 fully saturated rings. The molecule has 38 heavy (non-hydrogen) atoms. The molecule has 6 atom stereocenters. The van der Waals surface area contributed by atoms with Crippen molar-refractivity contribution in [3.63, 3.8) is 0 Å². The second kappa shape index (κ2) is 13.6. The first-order valence-corrected chi connectivity index (χ1v) is 14.2. The SMILES string of the molecule is C.C.CC(O)C1CCCC2=C1C(C)(C)C(C)C2(C)C.CC([O-])C1CCCC2=C1C(C)(C)C(C)C2(C)C.[Cl-].[Mg+2]. The number of halogens is 1. The number of hydrogen-bond donors (Lipinski definition) is 1. The molecular weight excluding hydrogens is 500 g/mol. The molecule has 0 aromatic rings. The van der Waals surface area contributed by atoms with E-state index in [0.29, 0.717) is 23.2 Å². The zero-order valence-electron chi connectivity index (χ0n) is 25.6. The van der Waals surface area contributed by atoms with Gasteiger partial charge in [-0.25, -0.2) is 0 Å². The van der Waals surface area contributed by atoms with E-state index in [1.165, 1.54) is 37.7 Å². The summed E-state index contributed by atoms with van der Waals surface area (Å²) in [7, 11) is 0. The molecule has 4 aliphatic rings. The van der Waals surface area contributed by atoms with Crippen molar-refractivity contribution < 1.29 is 22.6 Å². The van der Waals surface area contributed by atoms with Gasteiger partial charge in [0.15, 0.2) is 0 Å². The Kier molecular flexibility index (Phi) is 14.6. The van der Waals surface area contributed by atoms with Crippen LogP contribution in [0.2, 0.25) is 0 Å². The van der Waals surface area contributed by atoms with Crippen LogP contribution in [0.5, 0.6) is 0 Å². The summed E-state index contributed by atoms with van der Waals surface area (Å²) in [6.07, 6.45) is 6.57. The van der Waals surface area contributed by atoms with Crippen molar-refractivity contribution in [3.05, 3.63) is 22.3 Å². The Morgan fingerprint density at radius 2 is 1.00 bits per heavy atom. The van der Waals surface area contributed by atoms with Gasteiger partial charge in [0.25, 0.3) is 0 Å². The Labute approximate surface area is 260 Å². The number of allylic oxidation sites excluding steroid dienone is 2. The molecule has 2 nitrogen and oxygen atoms in total. The third kappa shape index (κ3) is 6.43. The Morgan fingerprint density at radius 3 is 1.32 bits per heavy atom. The monoisotopic (exact) mass is 562 g/mol. The summed E-state index contributed by atoms with van der Waals surface area (Å²) in [5.41, 5.74) is 7.46. The average molecular weight is 564 g/mol. The quantitative estimate of drug-likeness (QED) is 0.352. The van der Waals surface area contributed by atoms with Crippen LogP contribution in [0.3, 0.4) is 0 Å². The molecule has 0 heterocycles. The van der Waals surface area contributed by atoms with Crippen molar-refractivity contribution in [3.8, 4) is 0 Å². The van der Waals surface area contributed by atoms with Crippen molar-refractivity contribution in [2.24, 2.45) is 45.3 Å². The van der Waals surface area contributed by atoms with Gasteiger partial charge in [0.1, 0.15) is 0 Å². The molecule has 1 N–H and O–H groups in total. The van der Waals surface area contributed by atoms with Crippen LogP contribution < -0.4 is 17.5 Å². The Hall–Kier alpha value is 0.456. The summed E-state index contributed by atoms with van der Waals surface area (Å²) in [5, 5.41) is 22.1. The van der Waals surface area contributed by atoms with Crippen molar-refractivity contribution in [1.29, 1.82) is 0 Å². The first-order valence-electron chi connectivity index (χ1n) is 14.2. The zero-order chi connectivity index (χ0) is 26.0. The first-order chi connectivity index (χ1) is 15.4. The minimum Gasteiger partial charge on any atom is -1.00 e. The molecular formula is C34H63ClMgO2. The minimum atomic E-state index is -0.444. The number of aliphatic hydroxyl groups excluding tert-OH is 1. The molecule has 4 aliphatic carbocycles. The number of rotatable bonds is 2. The molecule has 4 heteroatoms. The predicted molar refractivity (Wildman–Crippen MR) is 163 cm³/mol. The fraction of sp³-hybridized carbons (Fsp3) is 0.882. The van der Waals surface area contributed by atoms with E-state index in [1.54, 1.807) is 16.7 Å². The van der Waals surface area contributed by atoms with Crippen LogP contribution in [0, 0.1) is 45.3 Å². The molecule has 0 saturated carbocycles. The fourth-order valence-electron chi connectivity index (χ4n) is 8.82. The van der Waals surface area contributed by atoms with Gasteiger partial charge in [-0.3, -0.25) is 0 Å². The summed E-state index contributed by atoms with van der Waals surface area (Å²) >= 11 is 0. The van der Waals surface area contributed by atoms with E-state index < -0.39 is 6.10 Å². The summed E-state index contributed by atoms with van der Waals surface area (Å²) in [6, 6.07) is 0. The average Bonchev–Trinajstić information content (AvgIpc) is 2.99. The van der Waals surface area contributed by atoms with E-state index in [0.717, 1.165) is 6.42 Å². The van der Waals surface area contributed by atoms with Crippen LogP contribution in [0.4, 0.5) is 0 Å². The van der Waals surface area contributed by atoms with E-state index in [4.69, 9.17) is 0 Å². The van der Waals surface area contributed by atoms with E-state index in [9.17, 15) is 10.2 Å². The summed E-state index contributed by atoms with van der Waals surface area (Å²) in [5.74, 6) is 2.00. The van der Waals surface area contributed by atoms with Crippen LogP contribution in [-0.2, 0) is 0 Å². The maximum atomic E-state index is 12.0. The van der Waals surface area contributed by atoms with Crippen LogP contribution in [0.25, 0.3) is 0 Å². The van der Waals surface area contributed by atoms with E-state index in [-0.39, 0.29) is 78.6 Å². The molecule has 0 aliphatic heterocycles. The van der Waals surface area contributed by atoms with Gasteiger partial charge in [0.2, 0.25) is 0 Å². The fourth-order valence-corrected chi connectivity index (χ4v) is 8.82. The molecule has 0 saturated heterocycles. The van der Waals surface area contributed by atoms with Crippen molar-refractivity contribution in [2.75, 3.05) is 0 Å². The summed E-state index contributed by atoms with van der Waals surface area (Å²) in [6.45, 7) is 27.6. The van der Waals surface area contributed by atoms with Gasteiger partial charge in [-0.2, -0.15) is 0 Å². The van der Waals surface area contributed by atoms with Crippen molar-refractivity contribution >= 4 is 23.1 Å². The second-order valence-corrected chi connectivity index (χ2v) is 14.6. The van der Waals surface area contributed by atoms with Gasteiger partial charge < -0.3 is 22.6 Å². The second-order valence-electron chi connectivity index (χ2n) is 14.6. The molecule has 220 valence electrons. The van der Waals surface area contributed by atoms with Gasteiger partial charge in [-0.1, -0.05) is 113 Å². The standard InChI is InChI=1S/C16H28O.C16H27O.2CH4.ClH.Mg/c2*1-10(17)12-8-7-9-13-14(12)16(5,6)11(2)15(13,3)4;;;;/h10-12,17H,7-9H2,1-6H3;10-12H,7-9H2,1-6H3;2*1H4;1H;/q;-1;;;;+2/p-1. The van der Waals surface area contributed by atoms with Crippen molar-refractivity contribution in [2.45, 2.75) is 149 Å². The maximum absolute atomic E-state index is 12.0. The van der Waals surface area contributed by atoms with Gasteiger partial charge in [-0.05, 0) is 84.9 Å².